The minimum absolute atomic E-state index is 0.0457. The van der Waals surface area contributed by atoms with Gasteiger partial charge in [0.2, 0.25) is 30.1 Å². The van der Waals surface area contributed by atoms with E-state index >= 15 is 4.57 Å². The van der Waals surface area contributed by atoms with Crippen molar-refractivity contribution in [3.05, 3.63) is 161 Å². The molecule has 0 radical (unpaired) electrons. The Labute approximate surface area is 504 Å². The molecule has 0 amide bonds. The van der Waals surface area contributed by atoms with Gasteiger partial charge in [0, 0.05) is 35.2 Å². The molecule has 0 heterocycles. The molecule has 3 saturated carbocycles. The van der Waals surface area contributed by atoms with Crippen molar-refractivity contribution in [2.24, 2.45) is 0 Å². The Morgan fingerprint density at radius 1 is 0.398 bits per heavy atom. The summed E-state index contributed by atoms with van der Waals surface area (Å²) in [5, 5.41) is 0.887. The van der Waals surface area contributed by atoms with E-state index in [1.54, 1.807) is 124 Å². The second-order valence-corrected chi connectivity index (χ2v) is 29.0. The first-order valence-electron chi connectivity index (χ1n) is 28.3. The molecule has 0 saturated heterocycles. The Morgan fingerprint density at radius 2 is 0.614 bits per heavy atom. The Kier molecular flexibility index (Phi) is 19.3. The van der Waals surface area contributed by atoms with Gasteiger partial charge in [-0.1, -0.05) is 113 Å². The molecule has 0 bridgehead atoms. The molecule has 16 nitrogen and oxygen atoms in total. The molecule has 3 aliphatic carbocycles. The lowest BCUT2D eigenvalue weighted by Crippen LogP contribution is -2.53. The van der Waals surface area contributed by atoms with Crippen LogP contribution in [0.15, 0.2) is 160 Å². The van der Waals surface area contributed by atoms with E-state index in [4.69, 9.17) is 48.4 Å². The van der Waals surface area contributed by atoms with Crippen LogP contribution in [0.5, 0.6) is 0 Å². The Bertz CT molecular complexity index is 3260. The van der Waals surface area contributed by atoms with Crippen molar-refractivity contribution in [3.8, 4) is 0 Å². The van der Waals surface area contributed by atoms with Gasteiger partial charge in [-0.25, -0.2) is 44.0 Å². The number of anilines is 6. The molecule has 0 atom stereocenters. The van der Waals surface area contributed by atoms with Crippen LogP contribution < -0.4 is 28.9 Å². The van der Waals surface area contributed by atoms with Gasteiger partial charge in [0.15, 0.2) is 17.2 Å². The van der Waals surface area contributed by atoms with Gasteiger partial charge >= 0.3 is 7.82 Å². The van der Waals surface area contributed by atoms with E-state index in [-0.39, 0.29) is 71.3 Å². The fraction of sp³-hybridized carbons (Fsp3) is 0.400. The van der Waals surface area contributed by atoms with Crippen LogP contribution in [0.2, 0.25) is 15.1 Å². The van der Waals surface area contributed by atoms with Crippen LogP contribution in [-0.2, 0) is 48.2 Å². The molecular weight excluding hydrogens is 1200 g/mol. The van der Waals surface area contributed by atoms with Crippen LogP contribution in [-0.4, -0.2) is 60.6 Å². The minimum Gasteiger partial charge on any atom is -0.311 e. The van der Waals surface area contributed by atoms with E-state index in [1.165, 1.54) is 36.4 Å². The van der Waals surface area contributed by atoms with Crippen molar-refractivity contribution >= 4 is 107 Å². The molecule has 6 aromatic rings. The number of para-hydroxylation sites is 3. The first kappa shape index (κ1) is 62.9. The van der Waals surface area contributed by atoms with Crippen molar-refractivity contribution in [1.82, 2.24) is 14.2 Å². The largest absolute Gasteiger partial charge is 0.481 e. The summed E-state index contributed by atoms with van der Waals surface area (Å²) in [6.07, 6.45) is 5.10. The molecule has 83 heavy (non-hydrogen) atoms. The van der Waals surface area contributed by atoms with Crippen LogP contribution >= 0.6 is 42.6 Å². The van der Waals surface area contributed by atoms with Crippen molar-refractivity contribution < 1.29 is 43.4 Å². The lowest BCUT2D eigenvalue weighted by molar-refractivity contribution is -0.0698. The van der Waals surface area contributed by atoms with E-state index in [9.17, 15) is 25.3 Å². The van der Waals surface area contributed by atoms with Gasteiger partial charge in [-0.05, 0) is 186 Å². The van der Waals surface area contributed by atoms with Gasteiger partial charge in [-0.2, -0.15) is 0 Å². The number of benzene rings is 6. The summed E-state index contributed by atoms with van der Waals surface area (Å²) in [5.74, 6) is 0. The van der Waals surface area contributed by atoms with Crippen molar-refractivity contribution in [2.75, 3.05) is 14.7 Å². The average molecular weight is 1270 g/mol. The van der Waals surface area contributed by atoms with E-state index in [2.05, 4.69) is 14.2 Å². The summed E-state index contributed by atoms with van der Waals surface area (Å²) in [4.78, 5) is 5.51. The summed E-state index contributed by atoms with van der Waals surface area (Å²) >= 11 is 21.6. The first-order chi connectivity index (χ1) is 39.5. The van der Waals surface area contributed by atoms with Gasteiger partial charge in [0.1, 0.15) is 0 Å². The zero-order valence-corrected chi connectivity index (χ0v) is 52.9. The highest BCUT2D eigenvalue weighted by molar-refractivity contribution is 7.90. The number of nitrogens with zero attached hydrogens (tertiary/aromatic N) is 3. The van der Waals surface area contributed by atoms with Crippen molar-refractivity contribution in [1.29, 1.82) is 0 Å². The summed E-state index contributed by atoms with van der Waals surface area (Å²) in [6.45, 7) is 11.2. The van der Waals surface area contributed by atoms with Crippen LogP contribution in [0.4, 0.5) is 34.1 Å². The van der Waals surface area contributed by atoms with E-state index in [0.29, 0.717) is 49.2 Å². The maximum atomic E-state index is 17.7. The fourth-order valence-electron chi connectivity index (χ4n) is 10.4. The van der Waals surface area contributed by atoms with Crippen molar-refractivity contribution in [3.63, 3.8) is 0 Å². The molecule has 0 unspecified atom stereocenters. The molecule has 0 aromatic heterocycles. The molecule has 3 aliphatic rings. The predicted octanol–water partition coefficient (Wildman–Crippen LogP) is 15.5. The number of halogens is 3. The zero-order valence-electron chi connectivity index (χ0n) is 47.3. The number of phosphoric acid groups is 1. The molecule has 23 heteroatoms. The highest BCUT2D eigenvalue weighted by Crippen LogP contribution is 2.65. The third-order valence-corrected chi connectivity index (χ3v) is 22.8. The summed E-state index contributed by atoms with van der Waals surface area (Å²) in [6, 6.07) is 39.7. The van der Waals surface area contributed by atoms with Gasteiger partial charge < -0.3 is 14.7 Å². The monoisotopic (exact) mass is 1270 g/mol. The summed E-state index contributed by atoms with van der Waals surface area (Å²) in [7, 11) is -17.0. The number of nitrogens with one attached hydrogen (secondary N) is 3. The van der Waals surface area contributed by atoms with E-state index in [1.807, 2.05) is 41.5 Å². The maximum Gasteiger partial charge on any atom is 0.481 e. The van der Waals surface area contributed by atoms with Crippen LogP contribution in [0.3, 0.4) is 0 Å². The van der Waals surface area contributed by atoms with Crippen LogP contribution in [0, 0.1) is 0 Å². The van der Waals surface area contributed by atoms with Gasteiger partial charge in [-0.15, -0.1) is 0 Å². The third kappa shape index (κ3) is 13.8. The second-order valence-electron chi connectivity index (χ2n) is 21.2. The van der Waals surface area contributed by atoms with E-state index in [0.717, 1.165) is 38.5 Å². The highest BCUT2D eigenvalue weighted by atomic mass is 35.5. The molecule has 3 N–H and O–H groups in total. The van der Waals surface area contributed by atoms with Gasteiger partial charge in [0.05, 0.1) is 46.8 Å². The molecule has 0 aliphatic heterocycles. The van der Waals surface area contributed by atoms with Crippen LogP contribution in [0.25, 0.3) is 0 Å². The summed E-state index contributed by atoms with van der Waals surface area (Å²) < 4.78 is 130. The molecule has 3 fully saturated rings. The standard InChI is InChI=1S/C60H72Cl3N6O10PS3/c1-7-58(8-2,67(55-22-16-13-19-52(55)61)46-31-37-49(38-32-46)81(71,72)64-43-25-26-43)77-80(70,78-59(9-3,10-4)68(56-23-17-14-20-53(56)62)47-33-39-50(40-34-47)82(73,74)65-44-27-28-44)79-60(11-5,12-6)69(57-24-18-15-21-54(57)63)48-35-41-51(42-36-48)83(75,76)66-45-29-30-45/h13-24,31-45,64-66H,7-12,25-30H2,1-6H3. The number of phosphoric ester groups is 1. The molecule has 6 aromatic carbocycles. The fourth-order valence-corrected chi connectivity index (χ4v) is 17.3. The quantitative estimate of drug-likeness (QED) is 0.0285. The normalized spacial score (nSPS) is 15.5. The Balaban J connectivity index is 1.26. The molecular formula is C60H72Cl3N6O10PS3. The smallest absolute Gasteiger partial charge is 0.311 e. The third-order valence-electron chi connectivity index (χ3n) is 15.6. The average Bonchev–Trinajstić information content (AvgIpc) is 3.98. The number of rotatable bonds is 30. The predicted molar refractivity (Wildman–Crippen MR) is 331 cm³/mol. The topological polar surface area (TPSA) is 193 Å². The van der Waals surface area contributed by atoms with Gasteiger partial charge in [-0.3, -0.25) is 13.6 Å². The maximum absolute atomic E-state index is 17.7. The van der Waals surface area contributed by atoms with Crippen LogP contribution in [0.1, 0.15) is 119 Å². The first-order valence-corrected chi connectivity index (χ1v) is 35.3. The Morgan fingerprint density at radius 3 is 0.807 bits per heavy atom. The number of sulfonamides is 3. The lowest BCUT2D eigenvalue weighted by atomic mass is 10.0. The second kappa shape index (κ2) is 25.4. The van der Waals surface area contributed by atoms with E-state index < -0.39 is 55.1 Å². The van der Waals surface area contributed by atoms with Gasteiger partial charge in [0.25, 0.3) is 0 Å². The number of hydrogen-bond donors (Lipinski definition) is 3. The SMILES string of the molecule is CCC(CC)(OP(=O)(OC(CC)(CC)N(c1ccc(S(=O)(=O)NC2CC2)cc1)c1ccccc1Cl)OC(CC)(CC)N(c1ccc(S(=O)(=O)NC2CC2)cc1)c1ccccc1Cl)N(c1ccc(S(=O)(=O)NC2CC2)cc1)c1ccccc1Cl. The molecule has 446 valence electrons. The molecule has 9 rings (SSSR count). The Hall–Kier alpha value is -4.57. The number of hydrogen-bond acceptors (Lipinski definition) is 13. The zero-order chi connectivity index (χ0) is 59.6. The lowest BCUT2D eigenvalue weighted by Gasteiger charge is -2.51. The van der Waals surface area contributed by atoms with Crippen molar-refractivity contribution in [2.45, 2.75) is 169 Å². The minimum atomic E-state index is -5.32. The molecule has 0 spiro atoms. The summed E-state index contributed by atoms with van der Waals surface area (Å²) in [5.41, 5.74) is -2.52. The highest BCUT2D eigenvalue weighted by Gasteiger charge is 2.55.